The molecule has 0 atom stereocenters. The molecule has 1 rings (SSSR count). The first-order valence-electron chi connectivity index (χ1n) is 5.05. The number of rotatable bonds is 4. The Bertz CT molecular complexity index is 509. The van der Waals surface area contributed by atoms with Gasteiger partial charge in [-0.2, -0.15) is 0 Å². The van der Waals surface area contributed by atoms with E-state index in [0.29, 0.717) is 11.4 Å². The Balaban J connectivity index is 3.00. The third-order valence-electron chi connectivity index (χ3n) is 2.03. The van der Waals surface area contributed by atoms with Crippen molar-refractivity contribution in [2.45, 2.75) is 0 Å². The summed E-state index contributed by atoms with van der Waals surface area (Å²) in [6, 6.07) is 4.65. The first-order valence-corrected chi connectivity index (χ1v) is 6.17. The Morgan fingerprint density at radius 3 is 2.78 bits per heavy atom. The molecule has 0 spiro atoms. The van der Waals surface area contributed by atoms with E-state index >= 15 is 0 Å². The molecule has 0 bridgehead atoms. The summed E-state index contributed by atoms with van der Waals surface area (Å²) in [5.74, 6) is 1.65. The second-order valence-corrected chi connectivity index (χ2v) is 3.93. The highest BCUT2D eigenvalue weighted by molar-refractivity contribution is 9.09. The van der Waals surface area contributed by atoms with Gasteiger partial charge in [0.1, 0.15) is 0 Å². The number of hydrogen-bond donors (Lipinski definition) is 3. The Kier molecular flexibility index (Phi) is 5.21. The molecule has 0 unspecified atom stereocenters. The van der Waals surface area contributed by atoms with Gasteiger partial charge < -0.3 is 16.4 Å². The van der Waals surface area contributed by atoms with Crippen LogP contribution in [-0.2, 0) is 4.79 Å². The Hall–Kier alpha value is -2.00. The molecule has 6 heteroatoms. The summed E-state index contributed by atoms with van der Waals surface area (Å²) in [6.07, 6.45) is 5.06. The number of benzene rings is 1. The molecule has 0 fully saturated rings. The molecule has 0 heterocycles. The summed E-state index contributed by atoms with van der Waals surface area (Å²) in [5, 5.41) is 5.25. The first-order chi connectivity index (χ1) is 8.58. The van der Waals surface area contributed by atoms with E-state index in [-0.39, 0.29) is 29.3 Å². The molecule has 0 aliphatic carbocycles. The third-order valence-corrected chi connectivity index (χ3v) is 2.54. The molecule has 18 heavy (non-hydrogen) atoms. The summed E-state index contributed by atoms with van der Waals surface area (Å²) >= 11 is 3.03. The van der Waals surface area contributed by atoms with Crippen molar-refractivity contribution >= 4 is 39.1 Å². The van der Waals surface area contributed by atoms with Gasteiger partial charge in [-0.25, -0.2) is 0 Å². The maximum atomic E-state index is 11.8. The molecule has 1 aromatic rings. The average Bonchev–Trinajstić information content (AvgIpc) is 2.37. The fourth-order valence-electron chi connectivity index (χ4n) is 1.27. The van der Waals surface area contributed by atoms with E-state index in [1.54, 1.807) is 12.1 Å². The second-order valence-electron chi connectivity index (χ2n) is 3.37. The minimum atomic E-state index is -0.384. The molecule has 0 radical (unpaired) electrons. The van der Waals surface area contributed by atoms with Crippen molar-refractivity contribution in [3.05, 3.63) is 23.8 Å². The van der Waals surface area contributed by atoms with Crippen LogP contribution in [0.3, 0.4) is 0 Å². The van der Waals surface area contributed by atoms with Crippen LogP contribution < -0.4 is 16.4 Å². The zero-order valence-electron chi connectivity index (χ0n) is 9.50. The van der Waals surface area contributed by atoms with Crippen molar-refractivity contribution in [1.82, 2.24) is 5.32 Å². The van der Waals surface area contributed by atoms with Crippen LogP contribution in [0.1, 0.15) is 10.4 Å². The monoisotopic (exact) mass is 309 g/mol. The van der Waals surface area contributed by atoms with Crippen LogP contribution >= 0.6 is 15.9 Å². The lowest BCUT2D eigenvalue weighted by atomic mass is 10.1. The number of anilines is 2. The average molecular weight is 310 g/mol. The zero-order valence-corrected chi connectivity index (χ0v) is 11.1. The van der Waals surface area contributed by atoms with Crippen LogP contribution in [-0.4, -0.2) is 23.7 Å². The molecule has 0 aromatic heterocycles. The minimum absolute atomic E-state index is 0.111. The molecule has 0 aliphatic heterocycles. The SMILES string of the molecule is C#CCNC(=O)c1cc(N)ccc1NC(=O)CBr. The van der Waals surface area contributed by atoms with Crippen molar-refractivity contribution in [3.8, 4) is 12.3 Å². The van der Waals surface area contributed by atoms with Gasteiger partial charge >= 0.3 is 0 Å². The van der Waals surface area contributed by atoms with Crippen LogP contribution in [0.5, 0.6) is 0 Å². The number of carbonyl (C=O) groups is 2. The Morgan fingerprint density at radius 2 is 2.17 bits per heavy atom. The molecule has 5 nitrogen and oxygen atoms in total. The van der Waals surface area contributed by atoms with Crippen LogP contribution in [0.2, 0.25) is 0 Å². The van der Waals surface area contributed by atoms with E-state index in [0.717, 1.165) is 0 Å². The van der Waals surface area contributed by atoms with E-state index in [2.05, 4.69) is 32.5 Å². The number of nitrogens with one attached hydrogen (secondary N) is 2. The number of amides is 2. The molecule has 0 saturated heterocycles. The third kappa shape index (κ3) is 3.79. The number of halogens is 1. The maximum Gasteiger partial charge on any atom is 0.254 e. The van der Waals surface area contributed by atoms with Gasteiger partial charge in [0, 0.05) is 5.69 Å². The quantitative estimate of drug-likeness (QED) is 0.440. The molecular weight excluding hydrogens is 298 g/mol. The normalized spacial score (nSPS) is 9.33. The summed E-state index contributed by atoms with van der Waals surface area (Å²) in [5.41, 5.74) is 6.71. The van der Waals surface area contributed by atoms with E-state index < -0.39 is 0 Å². The Morgan fingerprint density at radius 1 is 1.44 bits per heavy atom. The highest BCUT2D eigenvalue weighted by Crippen LogP contribution is 2.19. The number of terminal acetylenes is 1. The van der Waals surface area contributed by atoms with Crippen molar-refractivity contribution < 1.29 is 9.59 Å². The minimum Gasteiger partial charge on any atom is -0.399 e. The number of alkyl halides is 1. The fraction of sp³-hybridized carbons (Fsp3) is 0.167. The number of hydrogen-bond acceptors (Lipinski definition) is 3. The van der Waals surface area contributed by atoms with Gasteiger partial charge in [0.25, 0.3) is 5.91 Å². The second kappa shape index (κ2) is 6.67. The van der Waals surface area contributed by atoms with Crippen molar-refractivity contribution in [2.24, 2.45) is 0 Å². The molecule has 94 valence electrons. The lowest BCUT2D eigenvalue weighted by molar-refractivity contribution is -0.113. The maximum absolute atomic E-state index is 11.8. The molecule has 1 aromatic carbocycles. The van der Waals surface area contributed by atoms with Gasteiger partial charge in [-0.15, -0.1) is 6.42 Å². The molecule has 2 amide bonds. The summed E-state index contributed by atoms with van der Waals surface area (Å²) in [7, 11) is 0. The van der Waals surface area contributed by atoms with Gasteiger partial charge in [0.15, 0.2) is 0 Å². The van der Waals surface area contributed by atoms with Gasteiger partial charge in [-0.05, 0) is 18.2 Å². The van der Waals surface area contributed by atoms with Crippen molar-refractivity contribution in [1.29, 1.82) is 0 Å². The van der Waals surface area contributed by atoms with E-state index in [4.69, 9.17) is 12.2 Å². The Labute approximate surface area is 113 Å². The van der Waals surface area contributed by atoms with Crippen LogP contribution in [0.15, 0.2) is 18.2 Å². The summed E-state index contributed by atoms with van der Waals surface area (Å²) in [6.45, 7) is 0.111. The number of carbonyl (C=O) groups excluding carboxylic acids is 2. The van der Waals surface area contributed by atoms with E-state index in [1.807, 2.05) is 0 Å². The predicted molar refractivity (Wildman–Crippen MR) is 74.4 cm³/mol. The van der Waals surface area contributed by atoms with Crippen LogP contribution in [0.4, 0.5) is 11.4 Å². The van der Waals surface area contributed by atoms with E-state index in [9.17, 15) is 9.59 Å². The zero-order chi connectivity index (χ0) is 13.5. The van der Waals surface area contributed by atoms with Crippen molar-refractivity contribution in [2.75, 3.05) is 22.9 Å². The van der Waals surface area contributed by atoms with Gasteiger partial charge in [-0.3, -0.25) is 9.59 Å². The highest BCUT2D eigenvalue weighted by Gasteiger charge is 2.13. The molecule has 4 N–H and O–H groups in total. The number of nitrogens with two attached hydrogens (primary N) is 1. The molecular formula is C12H12BrN3O2. The summed E-state index contributed by atoms with van der Waals surface area (Å²) in [4.78, 5) is 23.1. The lowest BCUT2D eigenvalue weighted by Crippen LogP contribution is -2.25. The lowest BCUT2D eigenvalue weighted by Gasteiger charge is -2.10. The smallest absolute Gasteiger partial charge is 0.254 e. The standard InChI is InChI=1S/C12H12BrN3O2/c1-2-5-15-12(18)9-6-8(14)3-4-10(9)16-11(17)7-13/h1,3-4,6H,5,7,14H2,(H,15,18)(H,16,17). The largest absolute Gasteiger partial charge is 0.399 e. The van der Waals surface area contributed by atoms with Gasteiger partial charge in [-0.1, -0.05) is 21.9 Å². The predicted octanol–water partition coefficient (Wildman–Crippen LogP) is 0.965. The van der Waals surface area contributed by atoms with Gasteiger partial charge in [0.2, 0.25) is 5.91 Å². The van der Waals surface area contributed by atoms with Gasteiger partial charge in [0.05, 0.1) is 23.1 Å². The van der Waals surface area contributed by atoms with Crippen molar-refractivity contribution in [3.63, 3.8) is 0 Å². The number of nitrogen functional groups attached to an aromatic ring is 1. The topological polar surface area (TPSA) is 84.2 Å². The van der Waals surface area contributed by atoms with Crippen LogP contribution in [0, 0.1) is 12.3 Å². The van der Waals surface area contributed by atoms with Crippen LogP contribution in [0.25, 0.3) is 0 Å². The molecule has 0 aliphatic rings. The first kappa shape index (κ1) is 14.1. The fourth-order valence-corrected chi connectivity index (χ4v) is 1.41. The highest BCUT2D eigenvalue weighted by atomic mass is 79.9. The van der Waals surface area contributed by atoms with E-state index in [1.165, 1.54) is 6.07 Å². The molecule has 0 saturated carbocycles. The summed E-state index contributed by atoms with van der Waals surface area (Å²) < 4.78 is 0.